The molecule has 1 aliphatic carbocycles. The van der Waals surface area contributed by atoms with Crippen LogP contribution in [0.4, 0.5) is 11.5 Å². The largest absolute Gasteiger partial charge is 0.383 e. The monoisotopic (exact) mass is 451 g/mol. The zero-order valence-corrected chi connectivity index (χ0v) is 19.2. The summed E-state index contributed by atoms with van der Waals surface area (Å²) in [6, 6.07) is 7.78. The number of nitrogen functional groups attached to an aromatic ring is 1. The van der Waals surface area contributed by atoms with Gasteiger partial charge in [-0.3, -0.25) is 4.79 Å². The maximum atomic E-state index is 12.1. The normalized spacial score (nSPS) is 21.1. The first-order valence-corrected chi connectivity index (χ1v) is 11.4. The summed E-state index contributed by atoms with van der Waals surface area (Å²) in [6.07, 6.45) is 12.5. The van der Waals surface area contributed by atoms with E-state index in [1.807, 2.05) is 18.2 Å². The van der Waals surface area contributed by atoms with Gasteiger partial charge in [-0.25, -0.2) is 4.98 Å². The average Bonchev–Trinajstić information content (AvgIpc) is 2.80. The summed E-state index contributed by atoms with van der Waals surface area (Å²) in [5.74, 6) is 0.0926. The van der Waals surface area contributed by atoms with Gasteiger partial charge in [-0.05, 0) is 61.7 Å². The van der Waals surface area contributed by atoms with Crippen LogP contribution in [-0.2, 0) is 11.8 Å². The van der Waals surface area contributed by atoms with Gasteiger partial charge in [0.05, 0.1) is 5.02 Å². The van der Waals surface area contributed by atoms with Crippen LogP contribution in [0.3, 0.4) is 0 Å². The quantitative estimate of drug-likeness (QED) is 0.701. The summed E-state index contributed by atoms with van der Waals surface area (Å²) in [4.78, 5) is 21.0. The van der Waals surface area contributed by atoms with Gasteiger partial charge in [-0.2, -0.15) is 0 Å². The van der Waals surface area contributed by atoms with Crippen LogP contribution >= 0.6 is 11.6 Å². The Kier molecular flexibility index (Phi) is 6.53. The van der Waals surface area contributed by atoms with Gasteiger partial charge in [0.2, 0.25) is 5.91 Å². The van der Waals surface area contributed by atoms with Crippen LogP contribution in [0, 0.1) is 0 Å². The van der Waals surface area contributed by atoms with E-state index in [9.17, 15) is 4.79 Å². The number of primary amides is 1. The molecule has 1 saturated heterocycles. The molecule has 1 aliphatic heterocycles. The first-order valence-electron chi connectivity index (χ1n) is 11.0. The highest BCUT2D eigenvalue weighted by molar-refractivity contribution is 6.30. The number of pyridine rings is 1. The van der Waals surface area contributed by atoms with E-state index in [1.54, 1.807) is 6.20 Å². The fourth-order valence-corrected chi connectivity index (χ4v) is 4.83. The topological polar surface area (TPSA) is 88.5 Å². The van der Waals surface area contributed by atoms with Crippen molar-refractivity contribution < 1.29 is 4.79 Å². The molecule has 0 saturated carbocycles. The molecule has 1 atom stereocenters. The van der Waals surface area contributed by atoms with Gasteiger partial charge in [0.25, 0.3) is 0 Å². The molecule has 0 radical (unpaired) electrons. The number of piperazine rings is 1. The van der Waals surface area contributed by atoms with Crippen molar-refractivity contribution in [3.05, 3.63) is 76.5 Å². The van der Waals surface area contributed by atoms with Crippen LogP contribution < -0.4 is 16.4 Å². The van der Waals surface area contributed by atoms with Crippen LogP contribution in [0.15, 0.2) is 54.8 Å². The lowest BCUT2D eigenvalue weighted by Gasteiger charge is -2.40. The molecule has 1 unspecified atom stereocenters. The van der Waals surface area contributed by atoms with Crippen molar-refractivity contribution in [2.45, 2.75) is 24.7 Å². The van der Waals surface area contributed by atoms with Crippen LogP contribution in [0.1, 0.15) is 34.3 Å². The molecule has 32 heavy (non-hydrogen) atoms. The Morgan fingerprint density at radius 3 is 2.66 bits per heavy atom. The molecule has 4 rings (SSSR count). The molecule has 1 aromatic carbocycles. The number of anilines is 2. The molecular weight excluding hydrogens is 422 g/mol. The van der Waals surface area contributed by atoms with Crippen LogP contribution in [0.2, 0.25) is 5.02 Å². The first-order chi connectivity index (χ1) is 15.4. The Morgan fingerprint density at radius 2 is 1.97 bits per heavy atom. The molecule has 7 heteroatoms. The number of hydrogen-bond acceptors (Lipinski definition) is 5. The fraction of sp³-hybridized carbons (Fsp3) is 0.360. The van der Waals surface area contributed by atoms with Gasteiger partial charge in [-0.1, -0.05) is 35.9 Å². The second-order valence-corrected chi connectivity index (χ2v) is 9.17. The predicted octanol–water partition coefficient (Wildman–Crippen LogP) is 3.55. The number of nitrogens with zero attached hydrogens (tertiary/aromatic N) is 3. The Bertz CT molecular complexity index is 1060. The highest BCUT2D eigenvalue weighted by Crippen LogP contribution is 2.43. The number of halogens is 1. The second-order valence-electron chi connectivity index (χ2n) is 8.73. The molecule has 1 aromatic heterocycles. The van der Waals surface area contributed by atoms with Crippen molar-refractivity contribution in [2.75, 3.05) is 43.9 Å². The molecule has 6 nitrogen and oxygen atoms in total. The third-order valence-electron chi connectivity index (χ3n) is 6.61. The van der Waals surface area contributed by atoms with E-state index in [4.69, 9.17) is 23.1 Å². The van der Waals surface area contributed by atoms with Crippen molar-refractivity contribution in [2.24, 2.45) is 5.73 Å². The number of amides is 1. The fourth-order valence-electron chi connectivity index (χ4n) is 4.65. The maximum Gasteiger partial charge on any atom is 0.248 e. The number of aromatic nitrogens is 1. The minimum atomic E-state index is -0.412. The third-order valence-corrected chi connectivity index (χ3v) is 6.82. The maximum absolute atomic E-state index is 12.1. The lowest BCUT2D eigenvalue weighted by Crippen LogP contribution is -2.45. The van der Waals surface area contributed by atoms with E-state index in [2.05, 4.69) is 52.2 Å². The lowest BCUT2D eigenvalue weighted by molar-refractivity contribution is 0.1000. The minimum absolute atomic E-state index is 0.284. The molecule has 1 fully saturated rings. The van der Waals surface area contributed by atoms with Crippen molar-refractivity contribution in [3.63, 3.8) is 0 Å². The van der Waals surface area contributed by atoms with E-state index < -0.39 is 5.91 Å². The molecule has 2 heterocycles. The van der Waals surface area contributed by atoms with Crippen LogP contribution in [0.5, 0.6) is 0 Å². The molecule has 0 bridgehead atoms. The second kappa shape index (κ2) is 9.35. The summed E-state index contributed by atoms with van der Waals surface area (Å²) < 4.78 is 0. The van der Waals surface area contributed by atoms with Crippen LogP contribution in [0.25, 0.3) is 0 Å². The van der Waals surface area contributed by atoms with Crippen molar-refractivity contribution in [1.82, 2.24) is 9.88 Å². The SMILES string of the molecule is CN1CCN(c2ccc(C(N)=O)cc2C2(CCc3cc(Cl)cnc3N)C=CC=CC2)CC1. The van der Waals surface area contributed by atoms with E-state index in [1.165, 1.54) is 5.69 Å². The van der Waals surface area contributed by atoms with E-state index in [-0.39, 0.29) is 5.41 Å². The van der Waals surface area contributed by atoms with Crippen molar-refractivity contribution in [1.29, 1.82) is 0 Å². The standard InChI is InChI=1S/C25H30ClN5O/c1-30-11-13-31(14-12-30)22-6-5-19(24(28)32)16-21(22)25(8-3-2-4-9-25)10-7-18-15-20(26)17-29-23(18)27/h2-6,8,15-17H,7,9-14H2,1H3,(H2,27,29)(H2,28,32). The third kappa shape index (κ3) is 4.66. The summed E-state index contributed by atoms with van der Waals surface area (Å²) in [5, 5.41) is 0.580. The van der Waals surface area contributed by atoms with E-state index in [0.717, 1.165) is 56.6 Å². The number of carbonyl (C=O) groups is 1. The number of nitrogens with two attached hydrogens (primary N) is 2. The zero-order chi connectivity index (χ0) is 22.7. The van der Waals surface area contributed by atoms with Crippen molar-refractivity contribution in [3.8, 4) is 0 Å². The van der Waals surface area contributed by atoms with Crippen LogP contribution in [-0.4, -0.2) is 49.0 Å². The summed E-state index contributed by atoms with van der Waals surface area (Å²) in [7, 11) is 2.15. The molecule has 1 amide bonds. The number of carbonyl (C=O) groups excluding carboxylic acids is 1. The molecular formula is C25H30ClN5O. The zero-order valence-electron chi connectivity index (χ0n) is 18.4. The number of hydrogen-bond donors (Lipinski definition) is 2. The highest BCUT2D eigenvalue weighted by Gasteiger charge is 2.34. The van der Waals surface area contributed by atoms with Crippen molar-refractivity contribution >= 4 is 29.0 Å². The van der Waals surface area contributed by atoms with E-state index in [0.29, 0.717) is 16.4 Å². The number of likely N-dealkylation sites (N-methyl/N-ethyl adjacent to an activating group) is 1. The number of aryl methyl sites for hydroxylation is 1. The molecule has 168 valence electrons. The number of allylic oxidation sites excluding steroid dienone is 4. The first kappa shape index (κ1) is 22.4. The molecule has 2 aromatic rings. The average molecular weight is 452 g/mol. The number of benzene rings is 1. The molecule has 2 aliphatic rings. The molecule has 0 spiro atoms. The van der Waals surface area contributed by atoms with Gasteiger partial charge < -0.3 is 21.3 Å². The Labute approximate surface area is 194 Å². The van der Waals surface area contributed by atoms with E-state index >= 15 is 0 Å². The number of rotatable bonds is 6. The summed E-state index contributed by atoms with van der Waals surface area (Å²) in [6.45, 7) is 3.90. The lowest BCUT2D eigenvalue weighted by atomic mass is 9.70. The smallest absolute Gasteiger partial charge is 0.248 e. The Balaban J connectivity index is 1.75. The minimum Gasteiger partial charge on any atom is -0.383 e. The van der Waals surface area contributed by atoms with Gasteiger partial charge in [0, 0.05) is 49.0 Å². The van der Waals surface area contributed by atoms with Gasteiger partial charge in [0.15, 0.2) is 0 Å². The Morgan fingerprint density at radius 1 is 1.19 bits per heavy atom. The molecule has 4 N–H and O–H groups in total. The Hall–Kier alpha value is -2.83. The predicted molar refractivity (Wildman–Crippen MR) is 131 cm³/mol. The van der Waals surface area contributed by atoms with Gasteiger partial charge in [0.1, 0.15) is 5.82 Å². The summed E-state index contributed by atoms with van der Waals surface area (Å²) in [5.41, 5.74) is 15.3. The van der Waals surface area contributed by atoms with Gasteiger partial charge >= 0.3 is 0 Å². The van der Waals surface area contributed by atoms with Gasteiger partial charge in [-0.15, -0.1) is 0 Å². The summed E-state index contributed by atoms with van der Waals surface area (Å²) >= 11 is 6.18. The highest BCUT2D eigenvalue weighted by atomic mass is 35.5.